The number of piperazine rings is 1. The normalized spacial score (nSPS) is 15.3. The third-order valence-electron chi connectivity index (χ3n) is 4.59. The molecule has 1 saturated heterocycles. The lowest BCUT2D eigenvalue weighted by Gasteiger charge is -2.36. The van der Waals surface area contributed by atoms with E-state index in [2.05, 4.69) is 39.4 Å². The van der Waals surface area contributed by atoms with Gasteiger partial charge in [-0.3, -0.25) is 9.69 Å². The molecule has 0 aromatic heterocycles. The molecular formula is C21H23Cl2N3O. The van der Waals surface area contributed by atoms with Crippen molar-refractivity contribution in [1.29, 1.82) is 0 Å². The van der Waals surface area contributed by atoms with Crippen LogP contribution in [0.1, 0.15) is 5.56 Å². The third kappa shape index (κ3) is 5.99. The Balaban J connectivity index is 1.37. The Morgan fingerprint density at radius 1 is 1.00 bits per heavy atom. The highest BCUT2D eigenvalue weighted by atomic mass is 35.5. The molecule has 0 spiro atoms. The molecule has 3 rings (SSSR count). The second-order valence-electron chi connectivity index (χ2n) is 6.46. The summed E-state index contributed by atoms with van der Waals surface area (Å²) in [5, 5.41) is 3.91. The fraction of sp³-hybridized carbons (Fsp3) is 0.286. The van der Waals surface area contributed by atoms with Crippen LogP contribution in [0.25, 0.3) is 6.08 Å². The van der Waals surface area contributed by atoms with Gasteiger partial charge in [0.2, 0.25) is 5.91 Å². The number of carbonyl (C=O) groups is 1. The maximum Gasteiger partial charge on any atom is 0.244 e. The smallest absolute Gasteiger partial charge is 0.244 e. The van der Waals surface area contributed by atoms with Crippen LogP contribution < -0.4 is 10.2 Å². The Bertz CT molecular complexity index is 787. The Morgan fingerprint density at radius 3 is 2.44 bits per heavy atom. The van der Waals surface area contributed by atoms with Crippen molar-refractivity contribution in [2.75, 3.05) is 44.2 Å². The Morgan fingerprint density at radius 2 is 1.74 bits per heavy atom. The number of para-hydroxylation sites is 1. The number of rotatable bonds is 6. The number of amides is 1. The predicted octanol–water partition coefficient (Wildman–Crippen LogP) is 3.95. The SMILES string of the molecule is O=C(/C=C/c1ccc(Cl)c(Cl)c1)NCCN1CCN(c2ccccc2)CC1. The number of hydrogen-bond acceptors (Lipinski definition) is 3. The van der Waals surface area contributed by atoms with Gasteiger partial charge in [-0.1, -0.05) is 47.5 Å². The lowest BCUT2D eigenvalue weighted by atomic mass is 10.2. The number of halogens is 2. The van der Waals surface area contributed by atoms with Crippen LogP contribution in [-0.2, 0) is 4.79 Å². The van der Waals surface area contributed by atoms with Gasteiger partial charge in [0, 0.05) is 51.0 Å². The van der Waals surface area contributed by atoms with E-state index in [-0.39, 0.29) is 5.91 Å². The summed E-state index contributed by atoms with van der Waals surface area (Å²) in [5.41, 5.74) is 2.12. The van der Waals surface area contributed by atoms with Crippen molar-refractivity contribution >= 4 is 40.9 Å². The van der Waals surface area contributed by atoms with Crippen molar-refractivity contribution in [3.8, 4) is 0 Å². The van der Waals surface area contributed by atoms with Gasteiger partial charge in [0.05, 0.1) is 10.0 Å². The molecule has 1 aliphatic rings. The van der Waals surface area contributed by atoms with Crippen molar-refractivity contribution < 1.29 is 4.79 Å². The number of hydrogen-bond donors (Lipinski definition) is 1. The second kappa shape index (κ2) is 9.79. The van der Waals surface area contributed by atoms with Crippen molar-refractivity contribution in [3.05, 3.63) is 70.2 Å². The predicted molar refractivity (Wildman–Crippen MR) is 114 cm³/mol. The van der Waals surface area contributed by atoms with Crippen LogP contribution in [0, 0.1) is 0 Å². The first-order chi connectivity index (χ1) is 13.1. The monoisotopic (exact) mass is 403 g/mol. The fourth-order valence-corrected chi connectivity index (χ4v) is 3.36. The van der Waals surface area contributed by atoms with E-state index in [9.17, 15) is 4.79 Å². The Hall–Kier alpha value is -2.01. The highest BCUT2D eigenvalue weighted by Crippen LogP contribution is 2.23. The second-order valence-corrected chi connectivity index (χ2v) is 7.28. The van der Waals surface area contributed by atoms with E-state index >= 15 is 0 Å². The van der Waals surface area contributed by atoms with Crippen LogP contribution in [-0.4, -0.2) is 50.1 Å². The lowest BCUT2D eigenvalue weighted by Crippen LogP contribution is -2.48. The molecule has 1 fully saturated rings. The average molecular weight is 404 g/mol. The lowest BCUT2D eigenvalue weighted by molar-refractivity contribution is -0.116. The highest BCUT2D eigenvalue weighted by molar-refractivity contribution is 6.42. The molecule has 1 aliphatic heterocycles. The highest BCUT2D eigenvalue weighted by Gasteiger charge is 2.16. The molecule has 1 amide bonds. The maximum absolute atomic E-state index is 12.0. The van der Waals surface area contributed by atoms with Crippen LogP contribution in [0.5, 0.6) is 0 Å². The molecule has 142 valence electrons. The summed E-state index contributed by atoms with van der Waals surface area (Å²) in [6.45, 7) is 5.52. The average Bonchev–Trinajstić information content (AvgIpc) is 2.70. The topological polar surface area (TPSA) is 35.6 Å². The number of benzene rings is 2. The molecule has 0 atom stereocenters. The molecule has 1 heterocycles. The number of carbonyl (C=O) groups excluding carboxylic acids is 1. The van der Waals surface area contributed by atoms with Crippen molar-refractivity contribution in [1.82, 2.24) is 10.2 Å². The Labute approximate surface area is 170 Å². The van der Waals surface area contributed by atoms with E-state index in [1.165, 1.54) is 11.8 Å². The van der Waals surface area contributed by atoms with Crippen LogP contribution in [0.15, 0.2) is 54.6 Å². The van der Waals surface area contributed by atoms with Gasteiger partial charge in [0.1, 0.15) is 0 Å². The van der Waals surface area contributed by atoms with Gasteiger partial charge in [-0.25, -0.2) is 0 Å². The largest absolute Gasteiger partial charge is 0.369 e. The van der Waals surface area contributed by atoms with Gasteiger partial charge in [0.25, 0.3) is 0 Å². The molecule has 2 aromatic rings. The zero-order valence-electron chi connectivity index (χ0n) is 15.1. The van der Waals surface area contributed by atoms with Crippen LogP contribution in [0.3, 0.4) is 0 Å². The minimum Gasteiger partial charge on any atom is -0.369 e. The van der Waals surface area contributed by atoms with Crippen LogP contribution >= 0.6 is 23.2 Å². The number of anilines is 1. The van der Waals surface area contributed by atoms with Gasteiger partial charge >= 0.3 is 0 Å². The minimum atomic E-state index is -0.107. The number of nitrogens with one attached hydrogen (secondary N) is 1. The van der Waals surface area contributed by atoms with E-state index in [1.54, 1.807) is 18.2 Å². The summed E-state index contributed by atoms with van der Waals surface area (Å²) in [6, 6.07) is 15.8. The summed E-state index contributed by atoms with van der Waals surface area (Å²) in [7, 11) is 0. The number of nitrogens with zero attached hydrogens (tertiary/aromatic N) is 2. The standard InChI is InChI=1S/C21H23Cl2N3O/c22-19-8-6-17(16-20(19)23)7-9-21(27)24-10-11-25-12-14-26(15-13-25)18-4-2-1-3-5-18/h1-9,16H,10-15H2,(H,24,27)/b9-7+. The summed E-state index contributed by atoms with van der Waals surface area (Å²) < 4.78 is 0. The molecule has 6 heteroatoms. The van der Waals surface area contributed by atoms with Gasteiger partial charge in [-0.2, -0.15) is 0 Å². The molecule has 0 aliphatic carbocycles. The van der Waals surface area contributed by atoms with Crippen LogP contribution in [0.4, 0.5) is 5.69 Å². The molecule has 1 N–H and O–H groups in total. The van der Waals surface area contributed by atoms with E-state index in [0.29, 0.717) is 16.6 Å². The molecule has 2 aromatic carbocycles. The van der Waals surface area contributed by atoms with Gasteiger partial charge in [-0.15, -0.1) is 0 Å². The van der Waals surface area contributed by atoms with E-state index in [0.717, 1.165) is 38.3 Å². The molecule has 0 saturated carbocycles. The molecule has 0 unspecified atom stereocenters. The molecule has 27 heavy (non-hydrogen) atoms. The zero-order chi connectivity index (χ0) is 19.1. The van der Waals surface area contributed by atoms with Crippen molar-refractivity contribution in [2.24, 2.45) is 0 Å². The van der Waals surface area contributed by atoms with E-state index in [4.69, 9.17) is 23.2 Å². The first-order valence-corrected chi connectivity index (χ1v) is 9.81. The Kier molecular flexibility index (Phi) is 7.16. The maximum atomic E-state index is 12.0. The molecule has 0 bridgehead atoms. The molecule has 0 radical (unpaired) electrons. The first-order valence-electron chi connectivity index (χ1n) is 9.05. The van der Waals surface area contributed by atoms with Crippen LogP contribution in [0.2, 0.25) is 10.0 Å². The third-order valence-corrected chi connectivity index (χ3v) is 5.33. The molecule has 4 nitrogen and oxygen atoms in total. The zero-order valence-corrected chi connectivity index (χ0v) is 16.6. The first kappa shape index (κ1) is 19.7. The van der Waals surface area contributed by atoms with Gasteiger partial charge in [0.15, 0.2) is 0 Å². The van der Waals surface area contributed by atoms with Crippen molar-refractivity contribution in [3.63, 3.8) is 0 Å². The fourth-order valence-electron chi connectivity index (χ4n) is 3.05. The molecular weight excluding hydrogens is 381 g/mol. The van der Waals surface area contributed by atoms with Gasteiger partial charge in [-0.05, 0) is 35.9 Å². The summed E-state index contributed by atoms with van der Waals surface area (Å²) >= 11 is 11.9. The van der Waals surface area contributed by atoms with E-state index < -0.39 is 0 Å². The summed E-state index contributed by atoms with van der Waals surface area (Å²) in [4.78, 5) is 16.7. The summed E-state index contributed by atoms with van der Waals surface area (Å²) in [5.74, 6) is -0.107. The quantitative estimate of drug-likeness (QED) is 0.741. The van der Waals surface area contributed by atoms with E-state index in [1.807, 2.05) is 12.1 Å². The minimum absolute atomic E-state index is 0.107. The van der Waals surface area contributed by atoms with Crippen molar-refractivity contribution in [2.45, 2.75) is 0 Å². The van der Waals surface area contributed by atoms with Gasteiger partial charge < -0.3 is 10.2 Å². The summed E-state index contributed by atoms with van der Waals surface area (Å²) in [6.07, 6.45) is 3.25.